The van der Waals surface area contributed by atoms with Crippen molar-refractivity contribution >= 4 is 0 Å². The van der Waals surface area contributed by atoms with Crippen molar-refractivity contribution in [2.45, 2.75) is 33.1 Å². The summed E-state index contributed by atoms with van der Waals surface area (Å²) in [5.74, 6) is -0.428. The van der Waals surface area contributed by atoms with Crippen molar-refractivity contribution in [3.63, 3.8) is 0 Å². The van der Waals surface area contributed by atoms with Gasteiger partial charge < -0.3 is 0 Å². The summed E-state index contributed by atoms with van der Waals surface area (Å²) in [7, 11) is 0. The summed E-state index contributed by atoms with van der Waals surface area (Å²) in [6.07, 6.45) is 1.59. The van der Waals surface area contributed by atoms with Crippen LogP contribution in [0.5, 0.6) is 0 Å². The van der Waals surface area contributed by atoms with E-state index in [1.54, 1.807) is 6.20 Å². The van der Waals surface area contributed by atoms with E-state index in [2.05, 4.69) is 50.0 Å². The van der Waals surface area contributed by atoms with E-state index in [-0.39, 0.29) is 5.41 Å². The number of aryl methyl sites for hydroxylation is 1. The lowest BCUT2D eigenvalue weighted by atomic mass is 9.86. The molecule has 2 aromatic rings. The first-order valence-corrected chi connectivity index (χ1v) is 6.11. The molecule has 0 spiro atoms. The zero-order valence-electron chi connectivity index (χ0n) is 11.3. The van der Waals surface area contributed by atoms with Crippen molar-refractivity contribution in [2.24, 2.45) is 0 Å². The Morgan fingerprint density at radius 3 is 2.17 bits per heavy atom. The predicted octanol–water partition coefficient (Wildman–Crippen LogP) is 4.49. The van der Waals surface area contributed by atoms with Crippen LogP contribution in [-0.2, 0) is 5.41 Å². The van der Waals surface area contributed by atoms with Gasteiger partial charge in [-0.15, -0.1) is 0 Å². The van der Waals surface area contributed by atoms with E-state index < -0.39 is 5.95 Å². The monoisotopic (exact) mass is 243 g/mol. The lowest BCUT2D eigenvalue weighted by molar-refractivity contribution is 0.583. The maximum atomic E-state index is 13.0. The van der Waals surface area contributed by atoms with Crippen LogP contribution < -0.4 is 0 Å². The molecule has 0 bridgehead atoms. The van der Waals surface area contributed by atoms with Gasteiger partial charge in [-0.05, 0) is 35.1 Å². The second-order valence-corrected chi connectivity index (χ2v) is 5.65. The van der Waals surface area contributed by atoms with Gasteiger partial charge in [0.15, 0.2) is 0 Å². The lowest BCUT2D eigenvalue weighted by Crippen LogP contribution is -2.10. The van der Waals surface area contributed by atoms with Crippen molar-refractivity contribution in [3.05, 3.63) is 53.6 Å². The molecule has 0 aliphatic rings. The molecular formula is C16H18FN. The highest BCUT2D eigenvalue weighted by atomic mass is 19.1. The molecule has 0 atom stereocenters. The summed E-state index contributed by atoms with van der Waals surface area (Å²) in [5, 5.41) is 0. The molecule has 0 amide bonds. The lowest BCUT2D eigenvalue weighted by Gasteiger charge is -2.19. The maximum Gasteiger partial charge on any atom is 0.213 e. The van der Waals surface area contributed by atoms with Gasteiger partial charge in [-0.1, -0.05) is 45.0 Å². The summed E-state index contributed by atoms with van der Waals surface area (Å²) in [6.45, 7) is 8.46. The van der Waals surface area contributed by atoms with E-state index in [1.165, 1.54) is 11.6 Å². The molecule has 0 N–H and O–H groups in total. The molecule has 0 unspecified atom stereocenters. The third-order valence-corrected chi connectivity index (χ3v) is 3.14. The van der Waals surface area contributed by atoms with Crippen molar-refractivity contribution in [1.29, 1.82) is 0 Å². The van der Waals surface area contributed by atoms with Crippen LogP contribution in [-0.4, -0.2) is 4.98 Å². The van der Waals surface area contributed by atoms with Crippen LogP contribution in [0, 0.1) is 12.9 Å². The van der Waals surface area contributed by atoms with Crippen LogP contribution in [0.4, 0.5) is 4.39 Å². The van der Waals surface area contributed by atoms with Crippen LogP contribution in [0.2, 0.25) is 0 Å². The summed E-state index contributed by atoms with van der Waals surface area (Å²) < 4.78 is 13.0. The molecule has 1 nitrogen and oxygen atoms in total. The standard InChI is InChI=1S/C16H18FN/c1-11-9-15(17)18-10-14(11)12-5-7-13(8-6-12)16(2,3)4/h5-10H,1-4H3. The van der Waals surface area contributed by atoms with Crippen LogP contribution in [0.15, 0.2) is 36.5 Å². The first-order valence-electron chi connectivity index (χ1n) is 6.11. The molecule has 1 aromatic carbocycles. The van der Waals surface area contributed by atoms with Crippen molar-refractivity contribution in [3.8, 4) is 11.1 Å². The first kappa shape index (κ1) is 12.7. The predicted molar refractivity (Wildman–Crippen MR) is 73.1 cm³/mol. The fraction of sp³-hybridized carbons (Fsp3) is 0.312. The van der Waals surface area contributed by atoms with Gasteiger partial charge in [0.1, 0.15) is 0 Å². The normalized spacial score (nSPS) is 11.6. The molecule has 0 saturated carbocycles. The minimum absolute atomic E-state index is 0.147. The summed E-state index contributed by atoms with van der Waals surface area (Å²) in [6, 6.07) is 9.86. The van der Waals surface area contributed by atoms with Crippen molar-refractivity contribution < 1.29 is 4.39 Å². The Kier molecular flexibility index (Phi) is 3.20. The highest BCUT2D eigenvalue weighted by Crippen LogP contribution is 2.27. The number of aromatic nitrogens is 1. The highest BCUT2D eigenvalue weighted by molar-refractivity contribution is 5.66. The smallest absolute Gasteiger partial charge is 0.213 e. The topological polar surface area (TPSA) is 12.9 Å². The Hall–Kier alpha value is -1.70. The average Bonchev–Trinajstić information content (AvgIpc) is 2.28. The Morgan fingerprint density at radius 1 is 1.06 bits per heavy atom. The molecule has 94 valence electrons. The Labute approximate surface area is 108 Å². The Morgan fingerprint density at radius 2 is 1.67 bits per heavy atom. The van der Waals surface area contributed by atoms with Gasteiger partial charge in [0.05, 0.1) is 0 Å². The minimum atomic E-state index is -0.428. The largest absolute Gasteiger partial charge is 0.228 e. The number of pyridine rings is 1. The van der Waals surface area contributed by atoms with Gasteiger partial charge in [0, 0.05) is 11.8 Å². The fourth-order valence-corrected chi connectivity index (χ4v) is 1.97. The minimum Gasteiger partial charge on any atom is -0.228 e. The summed E-state index contributed by atoms with van der Waals surface area (Å²) in [4.78, 5) is 3.72. The molecule has 18 heavy (non-hydrogen) atoms. The van der Waals surface area contributed by atoms with E-state index in [4.69, 9.17) is 0 Å². The molecule has 0 aliphatic heterocycles. The first-order chi connectivity index (χ1) is 8.38. The van der Waals surface area contributed by atoms with E-state index in [1.807, 2.05) is 6.92 Å². The van der Waals surface area contributed by atoms with Gasteiger partial charge in [-0.2, -0.15) is 4.39 Å². The zero-order valence-corrected chi connectivity index (χ0v) is 11.3. The van der Waals surface area contributed by atoms with E-state index in [9.17, 15) is 4.39 Å². The van der Waals surface area contributed by atoms with Crippen LogP contribution >= 0.6 is 0 Å². The molecular weight excluding hydrogens is 225 g/mol. The maximum absolute atomic E-state index is 13.0. The number of hydrogen-bond acceptors (Lipinski definition) is 1. The van der Waals surface area contributed by atoms with Crippen LogP contribution in [0.1, 0.15) is 31.9 Å². The molecule has 2 rings (SSSR count). The Bertz CT molecular complexity index is 550. The number of hydrogen-bond donors (Lipinski definition) is 0. The molecule has 0 fully saturated rings. The average molecular weight is 243 g/mol. The number of halogens is 1. The van der Waals surface area contributed by atoms with E-state index in [0.29, 0.717) is 0 Å². The molecule has 2 heteroatoms. The molecule has 0 aliphatic carbocycles. The van der Waals surface area contributed by atoms with Gasteiger partial charge in [0.2, 0.25) is 5.95 Å². The third-order valence-electron chi connectivity index (χ3n) is 3.14. The molecule has 0 radical (unpaired) electrons. The summed E-state index contributed by atoms with van der Waals surface area (Å²) in [5.41, 5.74) is 4.41. The number of nitrogens with zero attached hydrogens (tertiary/aromatic N) is 1. The van der Waals surface area contributed by atoms with E-state index >= 15 is 0 Å². The van der Waals surface area contributed by atoms with E-state index in [0.717, 1.165) is 16.7 Å². The van der Waals surface area contributed by atoms with Crippen LogP contribution in [0.3, 0.4) is 0 Å². The van der Waals surface area contributed by atoms with Crippen molar-refractivity contribution in [1.82, 2.24) is 4.98 Å². The van der Waals surface area contributed by atoms with Crippen LogP contribution in [0.25, 0.3) is 11.1 Å². The highest BCUT2D eigenvalue weighted by Gasteiger charge is 2.13. The second-order valence-electron chi connectivity index (χ2n) is 5.65. The van der Waals surface area contributed by atoms with Gasteiger partial charge in [-0.25, -0.2) is 4.98 Å². The zero-order chi connectivity index (χ0) is 13.3. The molecule has 1 heterocycles. The SMILES string of the molecule is Cc1cc(F)ncc1-c1ccc(C(C)(C)C)cc1. The third kappa shape index (κ3) is 2.58. The number of rotatable bonds is 1. The summed E-state index contributed by atoms with van der Waals surface area (Å²) >= 11 is 0. The number of benzene rings is 1. The fourth-order valence-electron chi connectivity index (χ4n) is 1.97. The van der Waals surface area contributed by atoms with Crippen molar-refractivity contribution in [2.75, 3.05) is 0 Å². The van der Waals surface area contributed by atoms with Gasteiger partial charge in [0.25, 0.3) is 0 Å². The quantitative estimate of drug-likeness (QED) is 0.672. The Balaban J connectivity index is 2.41. The van der Waals surface area contributed by atoms with Gasteiger partial charge in [-0.3, -0.25) is 0 Å². The molecule has 1 aromatic heterocycles. The second kappa shape index (κ2) is 4.52. The van der Waals surface area contributed by atoms with Gasteiger partial charge >= 0.3 is 0 Å². The molecule has 0 saturated heterocycles.